The lowest BCUT2D eigenvalue weighted by molar-refractivity contribution is 0.00737. The van der Waals surface area contributed by atoms with Crippen molar-refractivity contribution in [1.82, 2.24) is 5.32 Å². The fourth-order valence-corrected chi connectivity index (χ4v) is 3.07. The molecule has 16 heavy (non-hydrogen) atoms. The van der Waals surface area contributed by atoms with Crippen molar-refractivity contribution in [3.63, 3.8) is 0 Å². The number of hydrogen-bond donors (Lipinski definition) is 1. The van der Waals surface area contributed by atoms with Crippen molar-refractivity contribution in [2.45, 2.75) is 30.7 Å². The van der Waals surface area contributed by atoms with Crippen molar-refractivity contribution in [2.75, 3.05) is 13.1 Å². The van der Waals surface area contributed by atoms with Crippen molar-refractivity contribution < 1.29 is 9.47 Å². The van der Waals surface area contributed by atoms with Gasteiger partial charge in [0, 0.05) is 18.4 Å². The number of piperidine rings is 1. The summed E-state index contributed by atoms with van der Waals surface area (Å²) >= 11 is 0. The van der Waals surface area contributed by atoms with Crippen molar-refractivity contribution >= 4 is 0 Å². The van der Waals surface area contributed by atoms with E-state index in [0.717, 1.165) is 31.7 Å². The van der Waals surface area contributed by atoms with Crippen LogP contribution in [-0.4, -0.2) is 24.8 Å². The molecule has 3 nitrogen and oxygen atoms in total. The second kappa shape index (κ2) is 2.99. The quantitative estimate of drug-likeness (QED) is 0.671. The lowest BCUT2D eigenvalue weighted by Crippen LogP contribution is -2.51. The fourth-order valence-electron chi connectivity index (χ4n) is 3.07. The van der Waals surface area contributed by atoms with E-state index in [0.29, 0.717) is 12.2 Å². The van der Waals surface area contributed by atoms with E-state index in [4.69, 9.17) is 9.47 Å². The molecule has 2 fully saturated rings. The highest BCUT2D eigenvalue weighted by Crippen LogP contribution is 2.56. The predicted octanol–water partition coefficient (Wildman–Crippen LogP) is 1.64. The Kier molecular flexibility index (Phi) is 1.69. The van der Waals surface area contributed by atoms with Crippen LogP contribution in [0.2, 0.25) is 0 Å². The normalized spacial score (nSPS) is 33.8. The molecule has 0 bridgehead atoms. The molecule has 1 aromatic carbocycles. The van der Waals surface area contributed by atoms with E-state index in [2.05, 4.69) is 23.5 Å². The zero-order valence-corrected chi connectivity index (χ0v) is 9.11. The van der Waals surface area contributed by atoms with Crippen LogP contribution in [-0.2, 0) is 4.74 Å². The van der Waals surface area contributed by atoms with Gasteiger partial charge in [0.05, 0.1) is 0 Å². The Balaban J connectivity index is 1.75. The average molecular weight is 217 g/mol. The number of fused-ring (bicyclic) bond motifs is 4. The van der Waals surface area contributed by atoms with E-state index in [-0.39, 0.29) is 5.60 Å². The molecule has 0 aliphatic carbocycles. The van der Waals surface area contributed by atoms with E-state index in [1.807, 2.05) is 6.07 Å². The summed E-state index contributed by atoms with van der Waals surface area (Å²) in [6.45, 7) is 2.07. The molecule has 3 heterocycles. The van der Waals surface area contributed by atoms with Gasteiger partial charge in [0.2, 0.25) is 0 Å². The van der Waals surface area contributed by atoms with Crippen molar-refractivity contribution in [2.24, 2.45) is 0 Å². The van der Waals surface area contributed by atoms with E-state index in [1.54, 1.807) is 0 Å². The molecule has 3 aliphatic rings. The summed E-state index contributed by atoms with van der Waals surface area (Å²) in [5.74, 6) is 1.03. The summed E-state index contributed by atoms with van der Waals surface area (Å²) in [5.41, 5.74) is 1.18. The predicted molar refractivity (Wildman–Crippen MR) is 59.5 cm³/mol. The maximum absolute atomic E-state index is 6.25. The van der Waals surface area contributed by atoms with Crippen LogP contribution in [0.3, 0.4) is 0 Å². The van der Waals surface area contributed by atoms with Crippen LogP contribution in [0.15, 0.2) is 24.3 Å². The molecule has 2 unspecified atom stereocenters. The van der Waals surface area contributed by atoms with Crippen LogP contribution < -0.4 is 10.1 Å². The van der Waals surface area contributed by atoms with Gasteiger partial charge < -0.3 is 14.8 Å². The van der Waals surface area contributed by atoms with Gasteiger partial charge in [-0.1, -0.05) is 18.2 Å². The SMILES string of the molecule is c1ccc2c(c1)OC1(CCNCC1)C1OC21. The molecule has 2 saturated heterocycles. The second-order valence-corrected chi connectivity index (χ2v) is 4.93. The van der Waals surface area contributed by atoms with E-state index < -0.39 is 0 Å². The number of para-hydroxylation sites is 1. The van der Waals surface area contributed by atoms with Gasteiger partial charge in [-0.25, -0.2) is 0 Å². The first-order valence-corrected chi connectivity index (χ1v) is 6.03. The maximum Gasteiger partial charge on any atom is 0.140 e. The second-order valence-electron chi connectivity index (χ2n) is 4.93. The van der Waals surface area contributed by atoms with Crippen molar-refractivity contribution in [1.29, 1.82) is 0 Å². The van der Waals surface area contributed by atoms with E-state index >= 15 is 0 Å². The smallest absolute Gasteiger partial charge is 0.140 e. The minimum Gasteiger partial charge on any atom is -0.484 e. The molecule has 84 valence electrons. The van der Waals surface area contributed by atoms with E-state index in [1.165, 1.54) is 5.56 Å². The highest BCUT2D eigenvalue weighted by Gasteiger charge is 2.61. The first-order chi connectivity index (χ1) is 7.89. The standard InChI is InChI=1S/C13H15NO2/c1-2-4-10-9(3-1)11-12(15-11)13(16-10)5-7-14-8-6-13/h1-4,11-12,14H,5-8H2. The molecular weight excluding hydrogens is 202 g/mol. The molecular formula is C13H15NO2. The Morgan fingerprint density at radius 1 is 1.19 bits per heavy atom. The summed E-state index contributed by atoms with van der Waals surface area (Å²) < 4.78 is 12.1. The lowest BCUT2D eigenvalue weighted by Gasteiger charge is -2.39. The van der Waals surface area contributed by atoms with Crippen LogP contribution in [0.5, 0.6) is 5.75 Å². The Morgan fingerprint density at radius 3 is 2.88 bits per heavy atom. The average Bonchev–Trinajstić information content (AvgIpc) is 3.12. The minimum atomic E-state index is -0.0513. The number of rotatable bonds is 0. The largest absolute Gasteiger partial charge is 0.484 e. The Morgan fingerprint density at radius 2 is 2.00 bits per heavy atom. The zero-order chi connectivity index (χ0) is 10.6. The highest BCUT2D eigenvalue weighted by atomic mass is 16.6. The zero-order valence-electron chi connectivity index (χ0n) is 9.11. The van der Waals surface area contributed by atoms with Gasteiger partial charge >= 0.3 is 0 Å². The molecule has 0 radical (unpaired) electrons. The molecule has 0 amide bonds. The molecule has 1 aromatic rings. The van der Waals surface area contributed by atoms with E-state index in [9.17, 15) is 0 Å². The number of epoxide rings is 1. The van der Waals surface area contributed by atoms with Crippen LogP contribution in [0.1, 0.15) is 24.5 Å². The Bertz CT molecular complexity index is 426. The van der Waals surface area contributed by atoms with Gasteiger partial charge in [0.25, 0.3) is 0 Å². The molecule has 2 atom stereocenters. The fraction of sp³-hybridized carbons (Fsp3) is 0.538. The first kappa shape index (κ1) is 9.02. The summed E-state index contributed by atoms with van der Waals surface area (Å²) in [6, 6.07) is 8.28. The number of benzene rings is 1. The van der Waals surface area contributed by atoms with Crippen LogP contribution >= 0.6 is 0 Å². The minimum absolute atomic E-state index is 0.0513. The topological polar surface area (TPSA) is 33.8 Å². The van der Waals surface area contributed by atoms with Gasteiger partial charge in [-0.05, 0) is 19.2 Å². The van der Waals surface area contributed by atoms with Gasteiger partial charge in [-0.15, -0.1) is 0 Å². The van der Waals surface area contributed by atoms with Gasteiger partial charge in [-0.2, -0.15) is 0 Å². The molecule has 3 aliphatic heterocycles. The third-order valence-electron chi connectivity index (χ3n) is 4.00. The Hall–Kier alpha value is -1.06. The summed E-state index contributed by atoms with van der Waals surface area (Å²) in [7, 11) is 0. The monoisotopic (exact) mass is 217 g/mol. The lowest BCUT2D eigenvalue weighted by atomic mass is 9.83. The molecule has 1 spiro atoms. The maximum atomic E-state index is 6.25. The number of ether oxygens (including phenoxy) is 2. The highest BCUT2D eigenvalue weighted by molar-refractivity contribution is 5.42. The summed E-state index contributed by atoms with van der Waals surface area (Å²) in [6.07, 6.45) is 2.71. The third-order valence-corrected chi connectivity index (χ3v) is 4.00. The first-order valence-electron chi connectivity index (χ1n) is 6.03. The molecule has 3 heteroatoms. The molecule has 0 saturated carbocycles. The van der Waals surface area contributed by atoms with Gasteiger partial charge in [0.15, 0.2) is 0 Å². The number of hydrogen-bond acceptors (Lipinski definition) is 3. The van der Waals surface area contributed by atoms with Crippen LogP contribution in [0.4, 0.5) is 0 Å². The van der Waals surface area contributed by atoms with Gasteiger partial charge in [0.1, 0.15) is 23.6 Å². The Labute approximate surface area is 94.7 Å². The molecule has 4 rings (SSSR count). The van der Waals surface area contributed by atoms with Crippen molar-refractivity contribution in [3.05, 3.63) is 29.8 Å². The van der Waals surface area contributed by atoms with Gasteiger partial charge in [-0.3, -0.25) is 0 Å². The van der Waals surface area contributed by atoms with Crippen molar-refractivity contribution in [3.8, 4) is 5.75 Å². The summed E-state index contributed by atoms with van der Waals surface area (Å²) in [4.78, 5) is 0. The van der Waals surface area contributed by atoms with Crippen LogP contribution in [0.25, 0.3) is 0 Å². The van der Waals surface area contributed by atoms with Crippen LogP contribution in [0, 0.1) is 0 Å². The third kappa shape index (κ3) is 1.10. The molecule has 1 N–H and O–H groups in total. The molecule has 0 aromatic heterocycles. The number of nitrogens with one attached hydrogen (secondary N) is 1. The summed E-state index contributed by atoms with van der Waals surface area (Å²) in [5, 5.41) is 3.38.